The summed E-state index contributed by atoms with van der Waals surface area (Å²) >= 11 is 0. The average molecular weight is 315 g/mol. The second-order valence-corrected chi connectivity index (χ2v) is 7.34. The van der Waals surface area contributed by atoms with Crippen LogP contribution >= 0.6 is 0 Å². The van der Waals surface area contributed by atoms with Crippen LogP contribution in [0.1, 0.15) is 77.6 Å². The number of aliphatic carboxylic acids is 1. The van der Waals surface area contributed by atoms with E-state index in [4.69, 9.17) is 0 Å². The van der Waals surface area contributed by atoms with Gasteiger partial charge in [-0.3, -0.25) is 5.32 Å². The fourth-order valence-electron chi connectivity index (χ4n) is 3.14. The van der Waals surface area contributed by atoms with Crippen molar-refractivity contribution >= 4 is 5.97 Å². The van der Waals surface area contributed by atoms with Gasteiger partial charge in [0.25, 0.3) is 0 Å². The van der Waals surface area contributed by atoms with Gasteiger partial charge >= 0.3 is 0 Å². The van der Waals surface area contributed by atoms with Crippen molar-refractivity contribution < 1.29 is 14.4 Å². The van der Waals surface area contributed by atoms with Crippen LogP contribution in [0.2, 0.25) is 0 Å². The summed E-state index contributed by atoms with van der Waals surface area (Å²) in [5.41, 5.74) is -0.986. The zero-order valence-electron chi connectivity index (χ0n) is 15.5. The molecule has 4 nitrogen and oxygen atoms in total. The zero-order valence-corrected chi connectivity index (χ0v) is 15.5. The SMILES string of the molecule is CCCCCCCCCCCCC(NC)(C(=O)[O-])[N+](C)(C)C. The van der Waals surface area contributed by atoms with Gasteiger partial charge in [-0.05, 0) is 13.5 Å². The standard InChI is InChI=1S/C18H38N2O2/c1-6-7-8-9-10-11-12-13-14-15-16-18(19-2,17(21)22)20(3,4)5/h19H,6-16H2,1-5H3. The topological polar surface area (TPSA) is 52.2 Å². The molecule has 0 aromatic rings. The lowest BCUT2D eigenvalue weighted by atomic mass is 9.97. The molecule has 1 atom stereocenters. The minimum Gasteiger partial charge on any atom is -0.543 e. The average Bonchev–Trinajstić information content (AvgIpc) is 2.43. The maximum absolute atomic E-state index is 11.6. The Balaban J connectivity index is 3.90. The van der Waals surface area contributed by atoms with E-state index in [1.54, 1.807) is 7.05 Å². The number of unbranched alkanes of at least 4 members (excludes halogenated alkanes) is 9. The molecule has 0 aliphatic rings. The lowest BCUT2D eigenvalue weighted by molar-refractivity contribution is -0.920. The van der Waals surface area contributed by atoms with Gasteiger partial charge in [-0.1, -0.05) is 64.7 Å². The van der Waals surface area contributed by atoms with Crippen molar-refractivity contribution in [3.8, 4) is 0 Å². The normalized spacial score (nSPS) is 14.8. The number of nitrogens with one attached hydrogen (secondary N) is 1. The quantitative estimate of drug-likeness (QED) is 0.305. The molecule has 22 heavy (non-hydrogen) atoms. The van der Waals surface area contributed by atoms with Crippen LogP contribution in [-0.4, -0.2) is 44.3 Å². The highest BCUT2D eigenvalue weighted by Crippen LogP contribution is 2.23. The summed E-state index contributed by atoms with van der Waals surface area (Å²) in [6.07, 6.45) is 13.2. The molecule has 0 rings (SSSR count). The smallest absolute Gasteiger partial charge is 0.193 e. The third-order valence-corrected chi connectivity index (χ3v) is 4.79. The Labute approximate surface area is 137 Å². The summed E-state index contributed by atoms with van der Waals surface area (Å²) in [6, 6.07) is 0. The maximum Gasteiger partial charge on any atom is 0.193 e. The van der Waals surface area contributed by atoms with E-state index in [0.717, 1.165) is 12.8 Å². The highest BCUT2D eigenvalue weighted by atomic mass is 16.4. The molecule has 0 spiro atoms. The Kier molecular flexibility index (Phi) is 10.7. The van der Waals surface area contributed by atoms with Gasteiger partial charge in [0.15, 0.2) is 5.66 Å². The highest BCUT2D eigenvalue weighted by Gasteiger charge is 2.42. The number of carbonyl (C=O) groups excluding carboxylic acids is 1. The molecule has 0 aliphatic carbocycles. The minimum atomic E-state index is -1.00. The summed E-state index contributed by atoms with van der Waals surface area (Å²) in [6.45, 7) is 2.24. The summed E-state index contributed by atoms with van der Waals surface area (Å²) in [5.74, 6) is -1.00. The number of nitrogens with zero attached hydrogens (tertiary/aromatic N) is 1. The molecule has 132 valence electrons. The Morgan fingerprint density at radius 3 is 1.64 bits per heavy atom. The van der Waals surface area contributed by atoms with Gasteiger partial charge in [0.2, 0.25) is 0 Å². The molecule has 0 saturated carbocycles. The van der Waals surface area contributed by atoms with Gasteiger partial charge in [0, 0.05) is 6.42 Å². The second-order valence-electron chi connectivity index (χ2n) is 7.34. The molecule has 0 aromatic heterocycles. The third kappa shape index (κ3) is 7.10. The van der Waals surface area contributed by atoms with Crippen LogP contribution < -0.4 is 10.4 Å². The molecule has 0 saturated heterocycles. The molecular formula is C18H38N2O2. The molecule has 0 radical (unpaired) electrons. The second kappa shape index (κ2) is 11.0. The van der Waals surface area contributed by atoms with Gasteiger partial charge in [-0.15, -0.1) is 0 Å². The summed E-state index contributed by atoms with van der Waals surface area (Å²) < 4.78 is 0.337. The Morgan fingerprint density at radius 1 is 0.909 bits per heavy atom. The number of carbonyl (C=O) groups is 1. The Morgan fingerprint density at radius 2 is 1.32 bits per heavy atom. The van der Waals surface area contributed by atoms with Crippen LogP contribution in [0, 0.1) is 0 Å². The Hall–Kier alpha value is -0.610. The molecular weight excluding hydrogens is 276 g/mol. The van der Waals surface area contributed by atoms with Crippen LogP contribution in [-0.2, 0) is 4.79 Å². The van der Waals surface area contributed by atoms with E-state index in [1.165, 1.54) is 51.4 Å². The first kappa shape index (κ1) is 21.4. The number of hydrogen-bond donors (Lipinski definition) is 1. The van der Waals surface area contributed by atoms with E-state index < -0.39 is 11.6 Å². The first-order chi connectivity index (χ1) is 10.3. The monoisotopic (exact) mass is 314 g/mol. The Bertz CT molecular complexity index is 300. The number of rotatable bonds is 14. The van der Waals surface area contributed by atoms with Crippen LogP contribution in [0.5, 0.6) is 0 Å². The van der Waals surface area contributed by atoms with Gasteiger partial charge < -0.3 is 14.4 Å². The predicted octanol–water partition coefficient (Wildman–Crippen LogP) is 2.67. The van der Waals surface area contributed by atoms with E-state index in [0.29, 0.717) is 10.9 Å². The van der Waals surface area contributed by atoms with Crippen molar-refractivity contribution in [3.05, 3.63) is 0 Å². The number of quaternary nitrogens is 1. The lowest BCUT2D eigenvalue weighted by Crippen LogP contribution is -2.72. The number of likely N-dealkylation sites (N-methyl/N-ethyl adjacent to an activating group) is 2. The minimum absolute atomic E-state index is 0.337. The van der Waals surface area contributed by atoms with Crippen LogP contribution in [0.15, 0.2) is 0 Å². The molecule has 0 fully saturated rings. The van der Waals surface area contributed by atoms with E-state index in [2.05, 4.69) is 12.2 Å². The molecule has 1 unspecified atom stereocenters. The molecule has 4 heteroatoms. The van der Waals surface area contributed by atoms with Crippen molar-refractivity contribution in [2.24, 2.45) is 0 Å². The van der Waals surface area contributed by atoms with Gasteiger partial charge in [-0.2, -0.15) is 0 Å². The lowest BCUT2D eigenvalue weighted by Gasteiger charge is -2.46. The van der Waals surface area contributed by atoms with Gasteiger partial charge in [0.05, 0.1) is 21.1 Å². The van der Waals surface area contributed by atoms with Crippen molar-refractivity contribution in [2.45, 2.75) is 83.2 Å². The summed E-state index contributed by atoms with van der Waals surface area (Å²) in [4.78, 5) is 11.6. The fourth-order valence-corrected chi connectivity index (χ4v) is 3.14. The number of carboxylic acid groups (broad SMARTS) is 1. The number of hydrogen-bond acceptors (Lipinski definition) is 3. The molecule has 1 N–H and O–H groups in total. The summed E-state index contributed by atoms with van der Waals surface area (Å²) in [5, 5.41) is 14.6. The fraction of sp³-hybridized carbons (Fsp3) is 0.944. The van der Waals surface area contributed by atoms with Crippen molar-refractivity contribution in [2.75, 3.05) is 28.2 Å². The van der Waals surface area contributed by atoms with E-state index in [-0.39, 0.29) is 0 Å². The number of carboxylic acids is 1. The van der Waals surface area contributed by atoms with Crippen molar-refractivity contribution in [1.29, 1.82) is 0 Å². The largest absolute Gasteiger partial charge is 0.543 e. The zero-order chi connectivity index (χ0) is 17.1. The van der Waals surface area contributed by atoms with E-state index in [9.17, 15) is 9.90 Å². The molecule has 0 amide bonds. The van der Waals surface area contributed by atoms with Crippen LogP contribution in [0.4, 0.5) is 0 Å². The first-order valence-corrected chi connectivity index (χ1v) is 9.03. The maximum atomic E-state index is 11.6. The molecule has 0 aromatic carbocycles. The van der Waals surface area contributed by atoms with Crippen molar-refractivity contribution in [3.63, 3.8) is 0 Å². The molecule has 0 heterocycles. The predicted molar refractivity (Wildman–Crippen MR) is 91.3 cm³/mol. The summed E-state index contributed by atoms with van der Waals surface area (Å²) in [7, 11) is 7.43. The third-order valence-electron chi connectivity index (χ3n) is 4.79. The van der Waals surface area contributed by atoms with Gasteiger partial charge in [0.1, 0.15) is 5.97 Å². The molecule has 0 aliphatic heterocycles. The molecule has 0 bridgehead atoms. The highest BCUT2D eigenvalue weighted by molar-refractivity contribution is 5.74. The van der Waals surface area contributed by atoms with Crippen LogP contribution in [0.3, 0.4) is 0 Å². The van der Waals surface area contributed by atoms with Gasteiger partial charge in [-0.25, -0.2) is 0 Å². The van der Waals surface area contributed by atoms with Crippen molar-refractivity contribution in [1.82, 2.24) is 5.32 Å². The van der Waals surface area contributed by atoms with Crippen LogP contribution in [0.25, 0.3) is 0 Å². The first-order valence-electron chi connectivity index (χ1n) is 9.03. The van der Waals surface area contributed by atoms with E-state index >= 15 is 0 Å². The van der Waals surface area contributed by atoms with E-state index in [1.807, 2.05) is 21.1 Å².